The maximum absolute atomic E-state index is 12.8. The Balaban J connectivity index is 1.56. The van der Waals surface area contributed by atoms with Gasteiger partial charge in [-0.3, -0.25) is 14.9 Å². The fourth-order valence-electron chi connectivity index (χ4n) is 4.36. The Labute approximate surface area is 164 Å². The van der Waals surface area contributed by atoms with Gasteiger partial charge in [0.2, 0.25) is 0 Å². The number of nitro benzene ring substituents is 1. The Morgan fingerprint density at radius 1 is 1.07 bits per heavy atom. The van der Waals surface area contributed by atoms with Crippen LogP contribution in [0.25, 0.3) is 0 Å². The predicted molar refractivity (Wildman–Crippen MR) is 109 cm³/mol. The first kappa shape index (κ1) is 18.5. The first-order valence-corrected chi connectivity index (χ1v) is 10.1. The van der Waals surface area contributed by atoms with Crippen molar-refractivity contribution in [2.24, 2.45) is 0 Å². The molecule has 0 spiro atoms. The van der Waals surface area contributed by atoms with Crippen LogP contribution in [-0.4, -0.2) is 23.9 Å². The number of carbonyl (C=O) groups excluding carboxylic acids is 1. The van der Waals surface area contributed by atoms with Gasteiger partial charge in [0.15, 0.2) is 0 Å². The number of nitrogens with one attached hydrogen (secondary N) is 1. The van der Waals surface area contributed by atoms with E-state index >= 15 is 0 Å². The van der Waals surface area contributed by atoms with E-state index in [2.05, 4.69) is 22.3 Å². The zero-order chi connectivity index (χ0) is 19.5. The van der Waals surface area contributed by atoms with Crippen LogP contribution in [0.4, 0.5) is 11.4 Å². The molecular weight excluding hydrogens is 354 g/mol. The zero-order valence-corrected chi connectivity index (χ0v) is 15.9. The van der Waals surface area contributed by atoms with Crippen molar-refractivity contribution in [2.75, 3.05) is 18.0 Å². The molecule has 1 atom stereocenters. The van der Waals surface area contributed by atoms with Crippen molar-refractivity contribution in [3.05, 3.63) is 69.3 Å². The smallest absolute Gasteiger partial charge is 0.293 e. The summed E-state index contributed by atoms with van der Waals surface area (Å²) < 4.78 is 0. The van der Waals surface area contributed by atoms with E-state index in [1.807, 2.05) is 12.1 Å². The van der Waals surface area contributed by atoms with Crippen molar-refractivity contribution in [1.82, 2.24) is 5.32 Å². The molecule has 28 heavy (non-hydrogen) atoms. The summed E-state index contributed by atoms with van der Waals surface area (Å²) in [5, 5.41) is 14.7. The lowest BCUT2D eigenvalue weighted by atomic mass is 9.87. The van der Waals surface area contributed by atoms with Crippen LogP contribution in [0.5, 0.6) is 0 Å². The van der Waals surface area contributed by atoms with Crippen molar-refractivity contribution in [2.45, 2.75) is 44.6 Å². The van der Waals surface area contributed by atoms with E-state index in [1.54, 1.807) is 12.1 Å². The third kappa shape index (κ3) is 3.72. The molecule has 0 aromatic heterocycles. The first-order chi connectivity index (χ1) is 13.6. The summed E-state index contributed by atoms with van der Waals surface area (Å²) in [6, 6.07) is 13.0. The molecule has 2 aliphatic rings. The molecule has 146 valence electrons. The Bertz CT molecular complexity index is 890. The van der Waals surface area contributed by atoms with Gasteiger partial charge in [-0.2, -0.15) is 0 Å². The van der Waals surface area contributed by atoms with Crippen molar-refractivity contribution in [1.29, 1.82) is 0 Å². The number of nitro groups is 1. The van der Waals surface area contributed by atoms with Gasteiger partial charge in [0, 0.05) is 24.7 Å². The van der Waals surface area contributed by atoms with Crippen molar-refractivity contribution in [3.63, 3.8) is 0 Å². The predicted octanol–water partition coefficient (Wildman–Crippen LogP) is 4.39. The van der Waals surface area contributed by atoms with E-state index in [4.69, 9.17) is 0 Å². The van der Waals surface area contributed by atoms with Gasteiger partial charge in [-0.25, -0.2) is 0 Å². The average molecular weight is 379 g/mol. The van der Waals surface area contributed by atoms with Gasteiger partial charge in [-0.1, -0.05) is 24.3 Å². The minimum Gasteiger partial charge on any atom is -0.366 e. The molecular formula is C22H25N3O3. The quantitative estimate of drug-likeness (QED) is 0.631. The van der Waals surface area contributed by atoms with E-state index in [1.165, 1.54) is 11.6 Å². The van der Waals surface area contributed by atoms with E-state index in [9.17, 15) is 14.9 Å². The molecule has 1 aliphatic heterocycles. The van der Waals surface area contributed by atoms with Gasteiger partial charge in [0.05, 0.1) is 11.0 Å². The Morgan fingerprint density at radius 3 is 2.64 bits per heavy atom. The lowest BCUT2D eigenvalue weighted by Crippen LogP contribution is -2.32. The van der Waals surface area contributed by atoms with E-state index in [-0.39, 0.29) is 22.6 Å². The molecule has 0 bridgehead atoms. The summed E-state index contributed by atoms with van der Waals surface area (Å²) >= 11 is 0. The van der Waals surface area contributed by atoms with Gasteiger partial charge < -0.3 is 10.2 Å². The molecule has 1 heterocycles. The van der Waals surface area contributed by atoms with E-state index in [0.717, 1.165) is 57.2 Å². The maximum atomic E-state index is 12.8. The Hall–Kier alpha value is -2.89. The monoisotopic (exact) mass is 379 g/mol. The SMILES string of the molecule is O=C(N[C@H]1CCCc2ccccc21)c1ccc(N2CCCCC2)c([N+](=O)[O-])c1. The molecule has 1 amide bonds. The molecule has 2 aromatic carbocycles. The van der Waals surface area contributed by atoms with Crippen LogP contribution in [0.15, 0.2) is 42.5 Å². The Morgan fingerprint density at radius 2 is 1.86 bits per heavy atom. The van der Waals surface area contributed by atoms with Crippen LogP contribution in [0, 0.1) is 10.1 Å². The second-order valence-electron chi connectivity index (χ2n) is 7.63. The average Bonchev–Trinajstić information content (AvgIpc) is 2.74. The summed E-state index contributed by atoms with van der Waals surface area (Å²) in [6.45, 7) is 1.65. The maximum Gasteiger partial charge on any atom is 0.293 e. The molecule has 6 nitrogen and oxygen atoms in total. The molecule has 6 heteroatoms. The molecule has 4 rings (SSSR count). The van der Waals surface area contributed by atoms with Crippen molar-refractivity contribution in [3.8, 4) is 0 Å². The van der Waals surface area contributed by atoms with Gasteiger partial charge in [-0.15, -0.1) is 0 Å². The molecule has 1 N–H and O–H groups in total. The van der Waals surface area contributed by atoms with Crippen LogP contribution in [0.2, 0.25) is 0 Å². The summed E-state index contributed by atoms with van der Waals surface area (Å²) in [5.74, 6) is -0.255. The topological polar surface area (TPSA) is 75.5 Å². The molecule has 1 aliphatic carbocycles. The molecule has 0 saturated carbocycles. The third-order valence-electron chi connectivity index (χ3n) is 5.81. The number of benzene rings is 2. The second-order valence-corrected chi connectivity index (χ2v) is 7.63. The fourth-order valence-corrected chi connectivity index (χ4v) is 4.36. The highest BCUT2D eigenvalue weighted by molar-refractivity contribution is 5.96. The number of piperidine rings is 1. The normalized spacial score (nSPS) is 19.0. The lowest BCUT2D eigenvalue weighted by molar-refractivity contribution is -0.384. The number of nitrogens with zero attached hydrogens (tertiary/aromatic N) is 2. The molecule has 0 radical (unpaired) electrons. The summed E-state index contributed by atoms with van der Waals surface area (Å²) in [5.41, 5.74) is 3.39. The van der Waals surface area contributed by atoms with E-state index < -0.39 is 0 Å². The number of hydrogen-bond acceptors (Lipinski definition) is 4. The van der Waals surface area contributed by atoms with Gasteiger partial charge >= 0.3 is 0 Å². The summed E-state index contributed by atoms with van der Waals surface area (Å²) in [6.07, 6.45) is 6.18. The summed E-state index contributed by atoms with van der Waals surface area (Å²) in [4.78, 5) is 26.2. The highest BCUT2D eigenvalue weighted by atomic mass is 16.6. The molecule has 0 unspecified atom stereocenters. The molecule has 1 fully saturated rings. The zero-order valence-electron chi connectivity index (χ0n) is 15.9. The second kappa shape index (κ2) is 8.00. The van der Waals surface area contributed by atoms with Gasteiger partial charge in [0.1, 0.15) is 5.69 Å². The first-order valence-electron chi connectivity index (χ1n) is 10.1. The minimum absolute atomic E-state index is 0.0126. The fraction of sp³-hybridized carbons (Fsp3) is 0.409. The van der Waals surface area contributed by atoms with E-state index in [0.29, 0.717) is 11.3 Å². The standard InChI is InChI=1S/C22H25N3O3/c26-22(23-19-10-6-8-16-7-2-3-9-18(16)19)17-11-12-20(21(15-17)25(27)28)24-13-4-1-5-14-24/h2-3,7,9,11-12,15,19H,1,4-6,8,10,13-14H2,(H,23,26)/t19-/m0/s1. The summed E-state index contributed by atoms with van der Waals surface area (Å²) in [7, 11) is 0. The number of hydrogen-bond donors (Lipinski definition) is 1. The van der Waals surface area contributed by atoms with Crippen LogP contribution >= 0.6 is 0 Å². The largest absolute Gasteiger partial charge is 0.366 e. The van der Waals surface area contributed by atoms with Crippen molar-refractivity contribution < 1.29 is 9.72 Å². The molecule has 1 saturated heterocycles. The number of carbonyl (C=O) groups is 1. The van der Waals surface area contributed by atoms with Crippen LogP contribution < -0.4 is 10.2 Å². The minimum atomic E-state index is -0.378. The number of amides is 1. The van der Waals surface area contributed by atoms with Crippen molar-refractivity contribution >= 4 is 17.3 Å². The third-order valence-corrected chi connectivity index (χ3v) is 5.81. The highest BCUT2D eigenvalue weighted by Crippen LogP contribution is 2.33. The lowest BCUT2D eigenvalue weighted by Gasteiger charge is -2.28. The van der Waals surface area contributed by atoms with Gasteiger partial charge in [-0.05, 0) is 61.8 Å². The number of anilines is 1. The molecule has 2 aromatic rings. The van der Waals surface area contributed by atoms with Crippen LogP contribution in [0.3, 0.4) is 0 Å². The van der Waals surface area contributed by atoms with Gasteiger partial charge in [0.25, 0.3) is 11.6 Å². The number of aryl methyl sites for hydroxylation is 1. The van der Waals surface area contributed by atoms with Crippen LogP contribution in [0.1, 0.15) is 59.6 Å². The highest BCUT2D eigenvalue weighted by Gasteiger charge is 2.25. The van der Waals surface area contributed by atoms with Crippen LogP contribution in [-0.2, 0) is 6.42 Å². The Kier molecular flexibility index (Phi) is 5.28. The number of fused-ring (bicyclic) bond motifs is 1. The number of rotatable bonds is 4.